The van der Waals surface area contributed by atoms with E-state index in [2.05, 4.69) is 10.3 Å². The third-order valence-corrected chi connectivity index (χ3v) is 5.11. The largest absolute Gasteiger partial charge is 0.423 e. The fourth-order valence-corrected chi connectivity index (χ4v) is 3.42. The summed E-state index contributed by atoms with van der Waals surface area (Å²) in [5.74, 6) is -0.264. The number of non-ortho nitro benzene ring substituents is 1. The summed E-state index contributed by atoms with van der Waals surface area (Å²) in [6.07, 6.45) is 1.33. The fourth-order valence-electron chi connectivity index (χ4n) is 3.42. The van der Waals surface area contributed by atoms with Crippen LogP contribution in [0.3, 0.4) is 0 Å². The van der Waals surface area contributed by atoms with E-state index in [9.17, 15) is 14.9 Å². The molecule has 0 radical (unpaired) electrons. The minimum atomic E-state index is -0.464. The van der Waals surface area contributed by atoms with Gasteiger partial charge in [-0.15, -0.1) is 0 Å². The molecule has 1 aliphatic rings. The number of nitro benzene ring substituents is 1. The lowest BCUT2D eigenvalue weighted by atomic mass is 9.96. The molecule has 0 atom stereocenters. The maximum Gasteiger partial charge on any atom is 0.298 e. The van der Waals surface area contributed by atoms with Crippen LogP contribution in [-0.2, 0) is 4.79 Å². The summed E-state index contributed by atoms with van der Waals surface area (Å²) in [6, 6.07) is 12.7. The molecule has 1 aromatic heterocycles. The van der Waals surface area contributed by atoms with Gasteiger partial charge in [0, 0.05) is 31.1 Å². The van der Waals surface area contributed by atoms with Gasteiger partial charge in [0.15, 0.2) is 5.58 Å². The number of nitro groups is 1. The molecule has 144 valence electrons. The zero-order chi connectivity index (χ0) is 19.7. The van der Waals surface area contributed by atoms with E-state index in [-0.39, 0.29) is 17.5 Å². The number of aryl methyl sites for hydroxylation is 1. The molecule has 1 aliphatic heterocycles. The van der Waals surface area contributed by atoms with Crippen molar-refractivity contribution in [1.82, 2.24) is 4.98 Å². The average Bonchev–Trinajstić information content (AvgIpc) is 3.14. The fraction of sp³-hybridized carbons (Fsp3) is 0.300. The molecule has 4 rings (SSSR count). The van der Waals surface area contributed by atoms with Crippen molar-refractivity contribution < 1.29 is 14.1 Å². The molecule has 3 aromatic rings. The number of nitrogens with zero attached hydrogens (tertiary/aromatic N) is 3. The summed E-state index contributed by atoms with van der Waals surface area (Å²) in [5, 5.41) is 13.8. The number of carbonyl (C=O) groups is 1. The Hall–Kier alpha value is -3.42. The van der Waals surface area contributed by atoms with Crippen LogP contribution in [0.1, 0.15) is 18.4 Å². The van der Waals surface area contributed by atoms with Crippen LogP contribution >= 0.6 is 0 Å². The Balaban J connectivity index is 1.40. The van der Waals surface area contributed by atoms with Gasteiger partial charge in [-0.3, -0.25) is 14.9 Å². The number of aromatic nitrogens is 1. The molecule has 0 saturated carbocycles. The van der Waals surface area contributed by atoms with E-state index >= 15 is 0 Å². The van der Waals surface area contributed by atoms with E-state index in [1.165, 1.54) is 12.1 Å². The lowest BCUT2D eigenvalue weighted by Gasteiger charge is -2.30. The van der Waals surface area contributed by atoms with Crippen LogP contribution in [0.15, 0.2) is 46.9 Å². The van der Waals surface area contributed by atoms with Crippen LogP contribution in [0.2, 0.25) is 0 Å². The molecule has 2 heterocycles. The molecule has 2 aromatic carbocycles. The molecule has 0 bridgehead atoms. The van der Waals surface area contributed by atoms with Crippen molar-refractivity contribution in [3.05, 3.63) is 58.1 Å². The van der Waals surface area contributed by atoms with Crippen LogP contribution < -0.4 is 10.2 Å². The van der Waals surface area contributed by atoms with E-state index in [0.29, 0.717) is 37.6 Å². The maximum atomic E-state index is 12.6. The number of rotatable bonds is 4. The Morgan fingerprint density at radius 1 is 1.25 bits per heavy atom. The maximum absolute atomic E-state index is 12.6. The zero-order valence-electron chi connectivity index (χ0n) is 15.4. The van der Waals surface area contributed by atoms with Crippen LogP contribution in [0.4, 0.5) is 17.4 Å². The second kappa shape index (κ2) is 7.30. The first-order valence-electron chi connectivity index (χ1n) is 9.17. The van der Waals surface area contributed by atoms with Crippen molar-refractivity contribution in [2.24, 2.45) is 5.92 Å². The number of hydrogen-bond acceptors (Lipinski definition) is 6. The van der Waals surface area contributed by atoms with Crippen LogP contribution in [0.5, 0.6) is 0 Å². The monoisotopic (exact) mass is 380 g/mol. The van der Waals surface area contributed by atoms with E-state index in [1.807, 2.05) is 36.1 Å². The van der Waals surface area contributed by atoms with Crippen LogP contribution in [0.25, 0.3) is 11.1 Å². The van der Waals surface area contributed by atoms with Gasteiger partial charge in [0.1, 0.15) is 5.52 Å². The lowest BCUT2D eigenvalue weighted by molar-refractivity contribution is -0.384. The topological polar surface area (TPSA) is 102 Å². The predicted octanol–water partition coefficient (Wildman–Crippen LogP) is 3.90. The first-order valence-corrected chi connectivity index (χ1v) is 9.17. The number of nitrogens with one attached hydrogen (secondary N) is 1. The first kappa shape index (κ1) is 18.0. The van der Waals surface area contributed by atoms with Crippen molar-refractivity contribution in [2.45, 2.75) is 19.8 Å². The number of piperidine rings is 1. The minimum absolute atomic E-state index is 0.0355. The summed E-state index contributed by atoms with van der Waals surface area (Å²) < 4.78 is 5.80. The van der Waals surface area contributed by atoms with E-state index < -0.39 is 4.92 Å². The highest BCUT2D eigenvalue weighted by atomic mass is 16.6. The first-order chi connectivity index (χ1) is 13.5. The van der Waals surface area contributed by atoms with Gasteiger partial charge in [-0.05, 0) is 37.5 Å². The summed E-state index contributed by atoms with van der Waals surface area (Å²) in [6.45, 7) is 3.15. The summed E-state index contributed by atoms with van der Waals surface area (Å²) >= 11 is 0. The number of hydrogen-bond donors (Lipinski definition) is 1. The molecule has 1 amide bonds. The van der Waals surface area contributed by atoms with Gasteiger partial charge in [0.05, 0.1) is 10.6 Å². The quantitative estimate of drug-likeness (QED) is 0.544. The lowest BCUT2D eigenvalue weighted by Crippen LogP contribution is -2.38. The molecule has 8 heteroatoms. The second-order valence-electron chi connectivity index (χ2n) is 6.97. The molecule has 1 fully saturated rings. The molecule has 8 nitrogen and oxygen atoms in total. The standard InChI is InChI=1S/C20H20N4O4/c1-13-6-7-15(24(26)27)12-17(13)21-19(25)14-8-10-23(11-9-14)20-22-16-4-2-3-5-18(16)28-20/h2-7,12,14H,8-11H2,1H3,(H,21,25). The molecule has 0 unspecified atom stereocenters. The molecular formula is C20H20N4O4. The molecular weight excluding hydrogens is 360 g/mol. The van der Waals surface area contributed by atoms with Gasteiger partial charge < -0.3 is 14.6 Å². The van der Waals surface area contributed by atoms with Gasteiger partial charge >= 0.3 is 0 Å². The normalized spacial score (nSPS) is 15.0. The van der Waals surface area contributed by atoms with Gasteiger partial charge in [-0.25, -0.2) is 0 Å². The summed E-state index contributed by atoms with van der Waals surface area (Å²) in [5.41, 5.74) is 2.81. The Bertz CT molecular complexity index is 1000. The van der Waals surface area contributed by atoms with Gasteiger partial charge in [0.2, 0.25) is 5.91 Å². The highest BCUT2D eigenvalue weighted by molar-refractivity contribution is 5.93. The van der Waals surface area contributed by atoms with Crippen LogP contribution in [-0.4, -0.2) is 28.9 Å². The Morgan fingerprint density at radius 3 is 2.71 bits per heavy atom. The second-order valence-corrected chi connectivity index (χ2v) is 6.97. The number of anilines is 2. The third-order valence-electron chi connectivity index (χ3n) is 5.11. The molecule has 28 heavy (non-hydrogen) atoms. The predicted molar refractivity (Wildman–Crippen MR) is 105 cm³/mol. The zero-order valence-corrected chi connectivity index (χ0v) is 15.4. The number of amides is 1. The van der Waals surface area contributed by atoms with E-state index in [4.69, 9.17) is 4.42 Å². The van der Waals surface area contributed by atoms with Gasteiger partial charge in [-0.2, -0.15) is 4.98 Å². The molecule has 0 spiro atoms. The Labute approximate surface area is 161 Å². The number of fused-ring (bicyclic) bond motifs is 1. The van der Waals surface area contributed by atoms with Crippen molar-refractivity contribution in [2.75, 3.05) is 23.3 Å². The molecule has 1 N–H and O–H groups in total. The Morgan fingerprint density at radius 2 is 2.00 bits per heavy atom. The summed E-state index contributed by atoms with van der Waals surface area (Å²) in [4.78, 5) is 29.7. The van der Waals surface area contributed by atoms with Crippen molar-refractivity contribution in [1.29, 1.82) is 0 Å². The SMILES string of the molecule is Cc1ccc([N+](=O)[O-])cc1NC(=O)C1CCN(c2nc3ccccc3o2)CC1. The van der Waals surface area contributed by atoms with Crippen molar-refractivity contribution >= 4 is 34.4 Å². The van der Waals surface area contributed by atoms with Crippen molar-refractivity contribution in [3.8, 4) is 0 Å². The average molecular weight is 380 g/mol. The third kappa shape index (κ3) is 3.53. The van der Waals surface area contributed by atoms with Crippen LogP contribution in [0, 0.1) is 23.0 Å². The number of benzene rings is 2. The van der Waals surface area contributed by atoms with Crippen molar-refractivity contribution in [3.63, 3.8) is 0 Å². The molecule has 0 aliphatic carbocycles. The number of oxazole rings is 1. The summed E-state index contributed by atoms with van der Waals surface area (Å²) in [7, 11) is 0. The molecule has 1 saturated heterocycles. The smallest absolute Gasteiger partial charge is 0.298 e. The van der Waals surface area contributed by atoms with E-state index in [1.54, 1.807) is 6.07 Å². The highest BCUT2D eigenvalue weighted by Crippen LogP contribution is 2.28. The van der Waals surface area contributed by atoms with E-state index in [0.717, 1.165) is 16.7 Å². The van der Waals surface area contributed by atoms with Gasteiger partial charge in [-0.1, -0.05) is 18.2 Å². The number of para-hydroxylation sites is 2. The minimum Gasteiger partial charge on any atom is -0.423 e. The number of carbonyl (C=O) groups excluding carboxylic acids is 1. The Kier molecular flexibility index (Phi) is 4.68. The highest BCUT2D eigenvalue weighted by Gasteiger charge is 2.27. The van der Waals surface area contributed by atoms with Gasteiger partial charge in [0.25, 0.3) is 11.7 Å².